The van der Waals surface area contributed by atoms with Crippen LogP contribution in [0.5, 0.6) is 0 Å². The van der Waals surface area contributed by atoms with Gasteiger partial charge in [0.05, 0.1) is 6.54 Å². The first-order valence-electron chi connectivity index (χ1n) is 6.70. The molecule has 21 heavy (non-hydrogen) atoms. The van der Waals surface area contributed by atoms with Crippen LogP contribution in [0.1, 0.15) is 4.88 Å². The van der Waals surface area contributed by atoms with Crippen LogP contribution in [0.25, 0.3) is 0 Å². The molecule has 6 nitrogen and oxygen atoms in total. The van der Waals surface area contributed by atoms with Crippen molar-refractivity contribution in [2.45, 2.75) is 6.54 Å². The summed E-state index contributed by atoms with van der Waals surface area (Å²) < 4.78 is 0. The highest BCUT2D eigenvalue weighted by Crippen LogP contribution is 2.17. The molecule has 1 aromatic heterocycles. The van der Waals surface area contributed by atoms with Gasteiger partial charge < -0.3 is 11.1 Å². The first-order chi connectivity index (χ1) is 9.67. The molecule has 1 fully saturated rings. The van der Waals surface area contributed by atoms with Crippen molar-refractivity contribution in [2.24, 2.45) is 0 Å². The lowest BCUT2D eigenvalue weighted by Crippen LogP contribution is -2.49. The zero-order valence-corrected chi connectivity index (χ0v) is 13.6. The molecule has 0 saturated carbocycles. The Morgan fingerprint density at radius 2 is 2.10 bits per heavy atom. The van der Waals surface area contributed by atoms with Gasteiger partial charge in [-0.1, -0.05) is 6.08 Å². The number of rotatable bonds is 6. The molecule has 1 aliphatic heterocycles. The predicted octanol–water partition coefficient (Wildman–Crippen LogP) is 0.567. The molecule has 118 valence electrons. The van der Waals surface area contributed by atoms with E-state index in [0.717, 1.165) is 32.7 Å². The second-order valence-corrected chi connectivity index (χ2v) is 5.96. The van der Waals surface area contributed by atoms with E-state index in [1.54, 1.807) is 6.08 Å². The number of hydrogen-bond acceptors (Lipinski definition) is 6. The van der Waals surface area contributed by atoms with Crippen molar-refractivity contribution >= 4 is 34.8 Å². The van der Waals surface area contributed by atoms with Gasteiger partial charge in [-0.2, -0.15) is 0 Å². The van der Waals surface area contributed by atoms with Gasteiger partial charge >= 0.3 is 0 Å². The van der Waals surface area contributed by atoms with Crippen LogP contribution in [0.3, 0.4) is 0 Å². The van der Waals surface area contributed by atoms with Crippen LogP contribution in [0.4, 0.5) is 5.13 Å². The Labute approximate surface area is 135 Å². The molecule has 1 saturated heterocycles. The zero-order valence-electron chi connectivity index (χ0n) is 12.0. The number of halogens is 1. The first kappa shape index (κ1) is 17.9. The van der Waals surface area contributed by atoms with Crippen LogP contribution in [-0.2, 0) is 11.3 Å². The molecule has 0 aromatic carbocycles. The SMILES string of the molecule is C=CCNC(=O)CN1CCN(Cc2cnc(N)s2)CC1.Cl. The molecule has 0 atom stereocenters. The number of anilines is 1. The third-order valence-corrected chi connectivity index (χ3v) is 4.04. The van der Waals surface area contributed by atoms with E-state index >= 15 is 0 Å². The lowest BCUT2D eigenvalue weighted by molar-refractivity contribution is -0.122. The van der Waals surface area contributed by atoms with E-state index in [0.29, 0.717) is 18.2 Å². The molecular weight excluding hydrogens is 310 g/mol. The van der Waals surface area contributed by atoms with Crippen LogP contribution in [-0.4, -0.2) is 60.0 Å². The Morgan fingerprint density at radius 3 is 2.67 bits per heavy atom. The number of amides is 1. The molecule has 1 aromatic rings. The Bertz CT molecular complexity index is 459. The van der Waals surface area contributed by atoms with Crippen LogP contribution in [0.15, 0.2) is 18.9 Å². The fourth-order valence-electron chi connectivity index (χ4n) is 2.17. The number of thiazole rings is 1. The molecule has 2 rings (SSSR count). The third kappa shape index (κ3) is 6.01. The molecule has 1 amide bonds. The van der Waals surface area contributed by atoms with Gasteiger partial charge in [0.2, 0.25) is 5.91 Å². The highest BCUT2D eigenvalue weighted by molar-refractivity contribution is 7.15. The smallest absolute Gasteiger partial charge is 0.234 e. The lowest BCUT2D eigenvalue weighted by atomic mass is 10.3. The summed E-state index contributed by atoms with van der Waals surface area (Å²) in [6.45, 7) is 9.23. The molecule has 8 heteroatoms. The van der Waals surface area contributed by atoms with E-state index in [9.17, 15) is 4.79 Å². The highest BCUT2D eigenvalue weighted by Gasteiger charge is 2.19. The van der Waals surface area contributed by atoms with E-state index in [2.05, 4.69) is 26.7 Å². The van der Waals surface area contributed by atoms with E-state index < -0.39 is 0 Å². The standard InChI is InChI=1S/C13H21N5OS.ClH/c1-2-3-15-12(19)10-18-6-4-17(5-7-18)9-11-8-16-13(14)20-11;/h2,8H,1,3-7,9-10H2,(H2,14,16)(H,15,19);1H. The first-order valence-corrected chi connectivity index (χ1v) is 7.51. The van der Waals surface area contributed by atoms with Gasteiger partial charge in [0.1, 0.15) is 0 Å². The minimum atomic E-state index is 0. The van der Waals surface area contributed by atoms with Crippen LogP contribution < -0.4 is 11.1 Å². The maximum atomic E-state index is 11.6. The molecule has 0 radical (unpaired) electrons. The van der Waals surface area contributed by atoms with Crippen molar-refractivity contribution in [3.8, 4) is 0 Å². The number of carbonyl (C=O) groups is 1. The summed E-state index contributed by atoms with van der Waals surface area (Å²) in [6, 6.07) is 0. The van der Waals surface area contributed by atoms with Gasteiger partial charge in [-0.25, -0.2) is 4.98 Å². The van der Waals surface area contributed by atoms with Crippen molar-refractivity contribution < 1.29 is 4.79 Å². The Morgan fingerprint density at radius 1 is 1.43 bits per heavy atom. The molecule has 2 heterocycles. The second-order valence-electron chi connectivity index (χ2n) is 4.81. The van der Waals surface area contributed by atoms with Crippen molar-refractivity contribution in [3.05, 3.63) is 23.7 Å². The van der Waals surface area contributed by atoms with Crippen molar-refractivity contribution in [3.63, 3.8) is 0 Å². The van der Waals surface area contributed by atoms with Gasteiger partial charge in [-0.05, 0) is 0 Å². The zero-order chi connectivity index (χ0) is 14.4. The van der Waals surface area contributed by atoms with Gasteiger partial charge in [0, 0.05) is 50.3 Å². The fourth-order valence-corrected chi connectivity index (χ4v) is 2.89. The molecule has 3 N–H and O–H groups in total. The number of hydrogen-bond donors (Lipinski definition) is 2. The Kier molecular flexibility index (Phi) is 7.66. The topological polar surface area (TPSA) is 74.5 Å². The number of nitrogens with two attached hydrogens (primary N) is 1. The largest absolute Gasteiger partial charge is 0.375 e. The van der Waals surface area contributed by atoms with E-state index in [1.807, 2.05) is 6.20 Å². The molecule has 0 spiro atoms. The van der Waals surface area contributed by atoms with E-state index in [4.69, 9.17) is 5.73 Å². The molecule has 0 bridgehead atoms. The van der Waals surface area contributed by atoms with Crippen molar-refractivity contribution in [1.29, 1.82) is 0 Å². The van der Waals surface area contributed by atoms with Crippen LogP contribution in [0, 0.1) is 0 Å². The number of piperazine rings is 1. The van der Waals surface area contributed by atoms with Gasteiger partial charge in [-0.3, -0.25) is 14.6 Å². The quantitative estimate of drug-likeness (QED) is 0.745. The van der Waals surface area contributed by atoms with Crippen molar-refractivity contribution in [2.75, 3.05) is 45.0 Å². The maximum absolute atomic E-state index is 11.6. The summed E-state index contributed by atoms with van der Waals surface area (Å²) in [5.74, 6) is 0.0635. The summed E-state index contributed by atoms with van der Waals surface area (Å²) in [6.07, 6.45) is 3.53. The minimum Gasteiger partial charge on any atom is -0.375 e. The van der Waals surface area contributed by atoms with Crippen LogP contribution in [0.2, 0.25) is 0 Å². The number of nitrogens with zero attached hydrogens (tertiary/aromatic N) is 3. The van der Waals surface area contributed by atoms with Crippen LogP contribution >= 0.6 is 23.7 Å². The van der Waals surface area contributed by atoms with Crippen molar-refractivity contribution in [1.82, 2.24) is 20.1 Å². The molecule has 0 aliphatic carbocycles. The molecular formula is C13H22ClN5OS. The summed E-state index contributed by atoms with van der Waals surface area (Å²) >= 11 is 1.54. The normalized spacial score (nSPS) is 16.2. The average molecular weight is 332 g/mol. The monoisotopic (exact) mass is 331 g/mol. The van der Waals surface area contributed by atoms with E-state index in [1.165, 1.54) is 16.2 Å². The Hall–Kier alpha value is -1.15. The third-order valence-electron chi connectivity index (χ3n) is 3.23. The van der Waals surface area contributed by atoms with Gasteiger partial charge in [0.25, 0.3) is 0 Å². The average Bonchev–Trinajstić information content (AvgIpc) is 2.84. The summed E-state index contributed by atoms with van der Waals surface area (Å²) in [5.41, 5.74) is 5.63. The summed E-state index contributed by atoms with van der Waals surface area (Å²) in [7, 11) is 0. The number of carbonyl (C=O) groups excluding carboxylic acids is 1. The van der Waals surface area contributed by atoms with Gasteiger partial charge in [0.15, 0.2) is 5.13 Å². The predicted molar refractivity (Wildman–Crippen MR) is 88.7 cm³/mol. The lowest BCUT2D eigenvalue weighted by Gasteiger charge is -2.33. The summed E-state index contributed by atoms with van der Waals surface area (Å²) in [4.78, 5) is 21.4. The van der Waals surface area contributed by atoms with E-state index in [-0.39, 0.29) is 18.3 Å². The maximum Gasteiger partial charge on any atom is 0.234 e. The van der Waals surface area contributed by atoms with Gasteiger partial charge in [-0.15, -0.1) is 30.3 Å². The minimum absolute atomic E-state index is 0. The second kappa shape index (κ2) is 8.99. The molecule has 1 aliphatic rings. The Balaban J connectivity index is 0.00000220. The number of nitrogens with one attached hydrogen (secondary N) is 1. The molecule has 0 unspecified atom stereocenters. The number of aromatic nitrogens is 1. The fraction of sp³-hybridized carbons (Fsp3) is 0.538. The highest BCUT2D eigenvalue weighted by atomic mass is 35.5. The number of nitrogen functional groups attached to an aromatic ring is 1. The summed E-state index contributed by atoms with van der Waals surface area (Å²) in [5, 5.41) is 3.42.